The van der Waals surface area contributed by atoms with E-state index in [2.05, 4.69) is 5.32 Å². The van der Waals surface area contributed by atoms with E-state index in [0.717, 1.165) is 18.6 Å². The molecule has 2 atom stereocenters. The van der Waals surface area contributed by atoms with Gasteiger partial charge in [0.25, 0.3) is 0 Å². The van der Waals surface area contributed by atoms with Gasteiger partial charge in [-0.25, -0.2) is 4.79 Å². The Balaban J connectivity index is 2.41. The molecule has 1 heterocycles. The molecule has 0 saturated carbocycles. The molecule has 0 bridgehead atoms. The van der Waals surface area contributed by atoms with E-state index in [-0.39, 0.29) is 17.1 Å². The molecular weight excluding hydrogens is 250 g/mol. The first-order valence-electron chi connectivity index (χ1n) is 6.44. The molecule has 0 aromatic heterocycles. The number of esters is 1. The third kappa shape index (κ3) is 5.29. The summed E-state index contributed by atoms with van der Waals surface area (Å²) in [5, 5.41) is 2.73. The lowest BCUT2D eigenvalue weighted by Crippen LogP contribution is -2.45. The smallest absolute Gasteiger partial charge is 0.328 e. The fourth-order valence-corrected chi connectivity index (χ4v) is 2.91. The summed E-state index contributed by atoms with van der Waals surface area (Å²) in [6.45, 7) is 7.11. The lowest BCUT2D eigenvalue weighted by molar-refractivity contribution is -0.158. The molecule has 1 fully saturated rings. The molecule has 1 N–H and O–H groups in total. The maximum Gasteiger partial charge on any atom is 0.328 e. The predicted octanol–water partition coefficient (Wildman–Crippen LogP) is 2.12. The summed E-state index contributed by atoms with van der Waals surface area (Å²) < 4.78 is 5.23. The zero-order chi connectivity index (χ0) is 13.8. The Kier molecular flexibility index (Phi) is 5.50. The van der Waals surface area contributed by atoms with Crippen molar-refractivity contribution in [3.8, 4) is 0 Å². The number of amides is 1. The van der Waals surface area contributed by atoms with Crippen LogP contribution in [0.25, 0.3) is 0 Å². The number of rotatable bonds is 3. The molecule has 18 heavy (non-hydrogen) atoms. The fourth-order valence-electron chi connectivity index (χ4n) is 1.70. The van der Waals surface area contributed by atoms with Gasteiger partial charge in [-0.3, -0.25) is 4.79 Å². The predicted molar refractivity (Wildman–Crippen MR) is 73.5 cm³/mol. The monoisotopic (exact) mass is 273 g/mol. The van der Waals surface area contributed by atoms with Gasteiger partial charge in [0.05, 0.1) is 5.25 Å². The Morgan fingerprint density at radius 3 is 2.50 bits per heavy atom. The van der Waals surface area contributed by atoms with E-state index in [1.54, 1.807) is 18.7 Å². The molecule has 0 spiro atoms. The minimum Gasteiger partial charge on any atom is -0.458 e. The van der Waals surface area contributed by atoms with Crippen LogP contribution in [0.4, 0.5) is 0 Å². The van der Waals surface area contributed by atoms with Gasteiger partial charge in [0.1, 0.15) is 11.6 Å². The lowest BCUT2D eigenvalue weighted by atomic mass is 10.1. The van der Waals surface area contributed by atoms with Crippen LogP contribution < -0.4 is 5.32 Å². The van der Waals surface area contributed by atoms with E-state index in [1.165, 1.54) is 6.42 Å². The third-order valence-electron chi connectivity index (χ3n) is 2.59. The molecule has 1 amide bonds. The van der Waals surface area contributed by atoms with Crippen molar-refractivity contribution in [2.75, 3.05) is 5.75 Å². The molecule has 0 aliphatic carbocycles. The molecule has 1 unspecified atom stereocenters. The van der Waals surface area contributed by atoms with Gasteiger partial charge in [-0.15, -0.1) is 11.8 Å². The third-order valence-corrected chi connectivity index (χ3v) is 3.97. The second-order valence-corrected chi connectivity index (χ2v) is 6.93. The van der Waals surface area contributed by atoms with E-state index in [0.29, 0.717) is 0 Å². The number of hydrogen-bond donors (Lipinski definition) is 1. The lowest BCUT2D eigenvalue weighted by Gasteiger charge is -2.25. The average Bonchev–Trinajstić information content (AvgIpc) is 2.27. The Hall–Kier alpha value is -0.710. The van der Waals surface area contributed by atoms with Gasteiger partial charge in [-0.2, -0.15) is 0 Å². The second kappa shape index (κ2) is 6.45. The maximum absolute atomic E-state index is 11.9. The Labute approximate surface area is 113 Å². The van der Waals surface area contributed by atoms with E-state index in [9.17, 15) is 9.59 Å². The Bertz CT molecular complexity index is 306. The van der Waals surface area contributed by atoms with Crippen LogP contribution in [0.3, 0.4) is 0 Å². The normalized spacial score (nSPS) is 22.1. The number of thioether (sulfide) groups is 1. The standard InChI is InChI=1S/C13H23NO3S/c1-9(12(16)17-13(2,3)4)14-11(15)10-7-5-6-8-18-10/h9-10H,5-8H2,1-4H3,(H,14,15)/t9-,10?/m1/s1. The fraction of sp³-hybridized carbons (Fsp3) is 0.846. The number of carbonyl (C=O) groups is 2. The quantitative estimate of drug-likeness (QED) is 0.800. The van der Waals surface area contributed by atoms with E-state index < -0.39 is 11.6 Å². The van der Waals surface area contributed by atoms with Crippen molar-refractivity contribution in [1.82, 2.24) is 5.32 Å². The van der Waals surface area contributed by atoms with Crippen LogP contribution >= 0.6 is 11.8 Å². The zero-order valence-corrected chi connectivity index (χ0v) is 12.4. The highest BCUT2D eigenvalue weighted by Crippen LogP contribution is 2.25. The molecule has 0 aromatic carbocycles. The van der Waals surface area contributed by atoms with Crippen LogP contribution in [0.5, 0.6) is 0 Å². The topological polar surface area (TPSA) is 55.4 Å². The van der Waals surface area contributed by atoms with Gasteiger partial charge in [-0.05, 0) is 46.3 Å². The highest BCUT2D eigenvalue weighted by Gasteiger charge is 2.27. The van der Waals surface area contributed by atoms with Gasteiger partial charge < -0.3 is 10.1 Å². The molecular formula is C13H23NO3S. The highest BCUT2D eigenvalue weighted by atomic mass is 32.2. The molecule has 1 saturated heterocycles. The Morgan fingerprint density at radius 2 is 2.00 bits per heavy atom. The van der Waals surface area contributed by atoms with Crippen molar-refractivity contribution >= 4 is 23.6 Å². The van der Waals surface area contributed by atoms with Gasteiger partial charge in [-0.1, -0.05) is 6.42 Å². The van der Waals surface area contributed by atoms with E-state index >= 15 is 0 Å². The molecule has 1 aliphatic rings. The minimum absolute atomic E-state index is 0.0105. The first kappa shape index (κ1) is 15.3. The largest absolute Gasteiger partial charge is 0.458 e. The van der Waals surface area contributed by atoms with Gasteiger partial charge in [0.2, 0.25) is 5.91 Å². The summed E-state index contributed by atoms with van der Waals surface area (Å²) in [6.07, 6.45) is 3.17. The van der Waals surface area contributed by atoms with Crippen LogP contribution in [0.2, 0.25) is 0 Å². The van der Waals surface area contributed by atoms with E-state index in [4.69, 9.17) is 4.74 Å². The van der Waals surface area contributed by atoms with Crippen LogP contribution in [0.15, 0.2) is 0 Å². The molecule has 0 radical (unpaired) electrons. The number of carbonyl (C=O) groups excluding carboxylic acids is 2. The molecule has 104 valence electrons. The van der Waals surface area contributed by atoms with Crippen molar-refractivity contribution in [1.29, 1.82) is 0 Å². The van der Waals surface area contributed by atoms with Crippen molar-refractivity contribution in [2.24, 2.45) is 0 Å². The zero-order valence-electron chi connectivity index (χ0n) is 11.6. The number of hydrogen-bond acceptors (Lipinski definition) is 4. The van der Waals surface area contributed by atoms with Crippen molar-refractivity contribution in [3.05, 3.63) is 0 Å². The number of ether oxygens (including phenoxy) is 1. The van der Waals surface area contributed by atoms with Crippen molar-refractivity contribution in [3.63, 3.8) is 0 Å². The first-order valence-corrected chi connectivity index (χ1v) is 7.49. The minimum atomic E-state index is -0.584. The molecule has 5 heteroatoms. The summed E-state index contributed by atoms with van der Waals surface area (Å²) >= 11 is 1.67. The van der Waals surface area contributed by atoms with Gasteiger partial charge in [0, 0.05) is 0 Å². The molecule has 1 rings (SSSR count). The van der Waals surface area contributed by atoms with Crippen LogP contribution in [-0.2, 0) is 14.3 Å². The first-order chi connectivity index (χ1) is 8.29. The number of nitrogens with one attached hydrogen (secondary N) is 1. The highest BCUT2D eigenvalue weighted by molar-refractivity contribution is 8.00. The average molecular weight is 273 g/mol. The van der Waals surface area contributed by atoms with Crippen LogP contribution in [-0.4, -0.2) is 34.5 Å². The molecule has 0 aromatic rings. The van der Waals surface area contributed by atoms with Crippen LogP contribution in [0, 0.1) is 0 Å². The maximum atomic E-state index is 11.9. The second-order valence-electron chi connectivity index (χ2n) is 5.62. The Morgan fingerprint density at radius 1 is 1.33 bits per heavy atom. The SMILES string of the molecule is C[C@@H](NC(=O)C1CCCCS1)C(=O)OC(C)(C)C. The van der Waals surface area contributed by atoms with Crippen LogP contribution in [0.1, 0.15) is 47.0 Å². The summed E-state index contributed by atoms with van der Waals surface area (Å²) in [7, 11) is 0. The summed E-state index contributed by atoms with van der Waals surface area (Å²) in [5.41, 5.74) is -0.518. The van der Waals surface area contributed by atoms with Gasteiger partial charge in [0.15, 0.2) is 0 Å². The summed E-state index contributed by atoms with van der Waals surface area (Å²) in [4.78, 5) is 23.7. The van der Waals surface area contributed by atoms with E-state index in [1.807, 2.05) is 20.8 Å². The summed E-state index contributed by atoms with van der Waals surface area (Å²) in [5.74, 6) is 0.605. The van der Waals surface area contributed by atoms with Crippen molar-refractivity contribution < 1.29 is 14.3 Å². The summed E-state index contributed by atoms with van der Waals surface area (Å²) in [6, 6.07) is -0.584. The molecule has 4 nitrogen and oxygen atoms in total. The molecule has 1 aliphatic heterocycles. The van der Waals surface area contributed by atoms with Crippen molar-refractivity contribution in [2.45, 2.75) is 63.9 Å². The van der Waals surface area contributed by atoms with Gasteiger partial charge >= 0.3 is 5.97 Å².